The first-order valence-electron chi connectivity index (χ1n) is 12.2. The van der Waals surface area contributed by atoms with Gasteiger partial charge in [0.05, 0.1) is 0 Å². The van der Waals surface area contributed by atoms with E-state index in [1.807, 2.05) is 36.1 Å². The molecule has 0 bridgehead atoms. The van der Waals surface area contributed by atoms with Crippen molar-refractivity contribution in [2.45, 2.75) is 53.4 Å². The minimum Gasteiger partial charge on any atom is -0.314 e. The highest BCUT2D eigenvalue weighted by Crippen LogP contribution is 2.32. The fraction of sp³-hybridized carbons (Fsp3) is 0.367. The third kappa shape index (κ3) is 5.44. The second-order valence-electron chi connectivity index (χ2n) is 10.2. The van der Waals surface area contributed by atoms with E-state index < -0.39 is 0 Å². The summed E-state index contributed by atoms with van der Waals surface area (Å²) in [5.74, 6) is 0.191. The number of aliphatic imine (C=N–C) groups is 1. The van der Waals surface area contributed by atoms with E-state index in [1.54, 1.807) is 0 Å². The van der Waals surface area contributed by atoms with Gasteiger partial charge < -0.3 is 4.90 Å². The van der Waals surface area contributed by atoms with Gasteiger partial charge in [-0.25, -0.2) is 0 Å². The number of carbonyl (C=O) groups excluding carboxylic acids is 2. The molecule has 0 saturated carbocycles. The first-order valence-corrected chi connectivity index (χ1v) is 12.2. The molecule has 0 spiro atoms. The molecule has 1 aliphatic heterocycles. The molecule has 0 saturated heterocycles. The quantitative estimate of drug-likeness (QED) is 0.445. The minimum absolute atomic E-state index is 0.0495. The predicted octanol–water partition coefficient (Wildman–Crippen LogP) is 6.56. The van der Waals surface area contributed by atoms with Crippen molar-refractivity contribution >= 4 is 17.4 Å². The minimum atomic E-state index is -0.222. The van der Waals surface area contributed by atoms with Crippen molar-refractivity contribution in [2.75, 3.05) is 13.1 Å². The molecule has 1 aliphatic carbocycles. The number of aryl methyl sites for hydroxylation is 1. The maximum Gasteiger partial charge on any atom is 0.248 e. The van der Waals surface area contributed by atoms with Crippen LogP contribution in [0.2, 0.25) is 0 Å². The van der Waals surface area contributed by atoms with Crippen LogP contribution in [0.4, 0.5) is 0 Å². The number of benzene rings is 2. The van der Waals surface area contributed by atoms with Gasteiger partial charge in [0, 0.05) is 35.5 Å². The highest BCUT2D eigenvalue weighted by atomic mass is 16.2. The fourth-order valence-corrected chi connectivity index (χ4v) is 4.66. The Balaban J connectivity index is 1.41. The Morgan fingerprint density at radius 3 is 2.32 bits per heavy atom. The van der Waals surface area contributed by atoms with Crippen LogP contribution in [0.5, 0.6) is 0 Å². The van der Waals surface area contributed by atoms with Crippen LogP contribution in [0.25, 0.3) is 11.1 Å². The van der Waals surface area contributed by atoms with Crippen LogP contribution in [0.15, 0.2) is 76.9 Å². The molecule has 2 aromatic rings. The fourth-order valence-electron chi connectivity index (χ4n) is 4.66. The maximum atomic E-state index is 13.1. The lowest BCUT2D eigenvalue weighted by Crippen LogP contribution is -2.35. The lowest BCUT2D eigenvalue weighted by Gasteiger charge is -2.31. The number of hydrogen-bond acceptors (Lipinski definition) is 3. The molecule has 1 heterocycles. The molecule has 4 rings (SSSR count). The van der Waals surface area contributed by atoms with E-state index in [9.17, 15) is 9.59 Å². The van der Waals surface area contributed by atoms with Crippen molar-refractivity contribution in [1.29, 1.82) is 0 Å². The summed E-state index contributed by atoms with van der Waals surface area (Å²) >= 11 is 0. The van der Waals surface area contributed by atoms with Gasteiger partial charge >= 0.3 is 0 Å². The van der Waals surface area contributed by atoms with Crippen LogP contribution in [0.1, 0.15) is 62.4 Å². The molecular formula is C30H34N2O2. The number of hydrogen-bond donors (Lipinski definition) is 0. The number of nitrogens with zero attached hydrogens (tertiary/aromatic N) is 2. The topological polar surface area (TPSA) is 49.7 Å². The summed E-state index contributed by atoms with van der Waals surface area (Å²) in [6, 6.07) is 16.3. The summed E-state index contributed by atoms with van der Waals surface area (Å²) in [7, 11) is 0. The number of rotatable bonds is 7. The Hall–Kier alpha value is -3.27. The predicted molar refractivity (Wildman–Crippen MR) is 139 cm³/mol. The zero-order chi connectivity index (χ0) is 24.3. The van der Waals surface area contributed by atoms with E-state index in [4.69, 9.17) is 0 Å². The molecule has 4 heteroatoms. The molecule has 1 amide bonds. The normalized spacial score (nSPS) is 16.3. The zero-order valence-corrected chi connectivity index (χ0v) is 20.7. The van der Waals surface area contributed by atoms with Crippen LogP contribution in [0, 0.1) is 12.3 Å². The Morgan fingerprint density at radius 2 is 1.65 bits per heavy atom. The summed E-state index contributed by atoms with van der Waals surface area (Å²) in [4.78, 5) is 32.3. The van der Waals surface area contributed by atoms with E-state index in [0.717, 1.165) is 52.9 Å². The molecule has 2 aromatic carbocycles. The largest absolute Gasteiger partial charge is 0.314 e. The van der Waals surface area contributed by atoms with Crippen molar-refractivity contribution in [3.8, 4) is 11.1 Å². The summed E-state index contributed by atoms with van der Waals surface area (Å²) in [6.07, 6.45) is 7.25. The van der Waals surface area contributed by atoms with Gasteiger partial charge in [0.15, 0.2) is 5.78 Å². The number of Topliss-reactive ketones (excluding diaryl/α,β-unsaturated/α-hetero) is 1. The summed E-state index contributed by atoms with van der Waals surface area (Å²) in [5.41, 5.74) is 7.11. The lowest BCUT2D eigenvalue weighted by molar-refractivity contribution is -0.128. The smallest absolute Gasteiger partial charge is 0.248 e. The maximum absolute atomic E-state index is 13.1. The highest BCUT2D eigenvalue weighted by molar-refractivity contribution is 6.04. The second kappa shape index (κ2) is 9.92. The summed E-state index contributed by atoms with van der Waals surface area (Å²) < 4.78 is 0. The molecule has 2 aliphatic rings. The van der Waals surface area contributed by atoms with Crippen LogP contribution in [-0.4, -0.2) is 35.4 Å². The lowest BCUT2D eigenvalue weighted by atomic mass is 9.82. The molecule has 34 heavy (non-hydrogen) atoms. The van der Waals surface area contributed by atoms with Gasteiger partial charge in [-0.3, -0.25) is 14.6 Å². The Kier molecular flexibility index (Phi) is 6.97. The van der Waals surface area contributed by atoms with Crippen molar-refractivity contribution < 1.29 is 9.59 Å². The Morgan fingerprint density at radius 1 is 1.00 bits per heavy atom. The Labute approximate surface area is 203 Å². The molecule has 176 valence electrons. The van der Waals surface area contributed by atoms with Gasteiger partial charge in [-0.2, -0.15) is 0 Å². The molecule has 4 nitrogen and oxygen atoms in total. The van der Waals surface area contributed by atoms with Crippen molar-refractivity contribution in [1.82, 2.24) is 4.90 Å². The van der Waals surface area contributed by atoms with E-state index in [1.165, 1.54) is 5.56 Å². The standard InChI is InChI=1S/C30H34N2O2/c1-21-9-11-23(12-10-21)24-13-15-25(16-14-24)28(33)19-30(3,4)17-18-32-27-8-6-5-7-26(27)22(2)31-20-29(32)34/h5,7,9-16H,6,8,17-20H2,1-4H3. The third-order valence-electron chi connectivity index (χ3n) is 6.85. The highest BCUT2D eigenvalue weighted by Gasteiger charge is 2.29. The van der Waals surface area contributed by atoms with Crippen molar-refractivity contribution in [3.63, 3.8) is 0 Å². The van der Waals surface area contributed by atoms with Crippen LogP contribution in [0.3, 0.4) is 0 Å². The Bertz CT molecular complexity index is 1170. The molecule has 0 unspecified atom stereocenters. The zero-order valence-electron chi connectivity index (χ0n) is 20.7. The number of allylic oxidation sites excluding steroid dienone is 4. The van der Waals surface area contributed by atoms with Crippen LogP contribution in [-0.2, 0) is 4.79 Å². The monoisotopic (exact) mass is 454 g/mol. The van der Waals surface area contributed by atoms with Gasteiger partial charge in [-0.1, -0.05) is 80.1 Å². The van der Waals surface area contributed by atoms with Gasteiger partial charge in [-0.15, -0.1) is 0 Å². The first kappa shape index (κ1) is 23.9. The van der Waals surface area contributed by atoms with E-state index in [2.05, 4.69) is 62.2 Å². The van der Waals surface area contributed by atoms with Crippen LogP contribution >= 0.6 is 0 Å². The van der Waals surface area contributed by atoms with E-state index in [0.29, 0.717) is 13.0 Å². The van der Waals surface area contributed by atoms with Crippen LogP contribution < -0.4 is 0 Å². The summed E-state index contributed by atoms with van der Waals surface area (Å²) in [5, 5.41) is 0. The third-order valence-corrected chi connectivity index (χ3v) is 6.85. The first-order chi connectivity index (χ1) is 16.2. The van der Waals surface area contributed by atoms with Gasteiger partial charge in [-0.05, 0) is 49.7 Å². The number of ketones is 1. The summed E-state index contributed by atoms with van der Waals surface area (Å²) in [6.45, 7) is 9.10. The molecule has 0 aromatic heterocycles. The van der Waals surface area contributed by atoms with Crippen molar-refractivity contribution in [3.05, 3.63) is 83.1 Å². The average Bonchev–Trinajstić information content (AvgIpc) is 2.94. The second-order valence-corrected chi connectivity index (χ2v) is 10.2. The number of carbonyl (C=O) groups is 2. The van der Waals surface area contributed by atoms with Gasteiger partial charge in [0.1, 0.15) is 6.54 Å². The van der Waals surface area contributed by atoms with E-state index >= 15 is 0 Å². The molecule has 0 atom stereocenters. The van der Waals surface area contributed by atoms with Crippen molar-refractivity contribution in [2.24, 2.45) is 10.4 Å². The SMILES string of the molecule is CC1=NCC(=O)N(CCC(C)(C)CC(=O)c2ccc(-c3ccc(C)cc3)cc2)C2=C1C=CCC2. The van der Waals surface area contributed by atoms with Gasteiger partial charge in [0.25, 0.3) is 0 Å². The van der Waals surface area contributed by atoms with E-state index in [-0.39, 0.29) is 23.7 Å². The molecule has 0 N–H and O–H groups in total. The molecular weight excluding hydrogens is 420 g/mol. The molecule has 0 fully saturated rings. The molecule has 0 radical (unpaired) electrons. The van der Waals surface area contributed by atoms with Gasteiger partial charge in [0.2, 0.25) is 5.91 Å². The average molecular weight is 455 g/mol. The number of amides is 1.